The fourth-order valence-corrected chi connectivity index (χ4v) is 2.74. The van der Waals surface area contributed by atoms with E-state index in [1.807, 2.05) is 54.9 Å². The van der Waals surface area contributed by atoms with Gasteiger partial charge < -0.3 is 15.7 Å². The molecule has 0 fully saturated rings. The molecule has 3 N–H and O–H groups in total. The Bertz CT molecular complexity index is 1090. The van der Waals surface area contributed by atoms with E-state index >= 15 is 0 Å². The maximum atomic E-state index is 9.74. The van der Waals surface area contributed by atoms with Crippen LogP contribution >= 0.6 is 0 Å². The Morgan fingerprint density at radius 1 is 1.00 bits per heavy atom. The molecule has 0 aliphatic heterocycles. The molecule has 2 aromatic heterocycles. The summed E-state index contributed by atoms with van der Waals surface area (Å²) >= 11 is 0. The van der Waals surface area contributed by atoms with Crippen LogP contribution in [0, 0.1) is 6.92 Å². The van der Waals surface area contributed by atoms with Crippen LogP contribution in [0.25, 0.3) is 17.0 Å². The number of para-hydroxylation sites is 2. The van der Waals surface area contributed by atoms with Crippen molar-refractivity contribution in [3.63, 3.8) is 0 Å². The smallest absolute Gasteiger partial charge is 0.239 e. The summed E-state index contributed by atoms with van der Waals surface area (Å²) in [5.74, 6) is 1.99. The first-order valence-electron chi connectivity index (χ1n) is 8.20. The molecule has 2 aromatic carbocycles. The summed E-state index contributed by atoms with van der Waals surface area (Å²) in [7, 11) is 1.81. The number of phenolic OH excluding ortho intramolecular Hbond substituents is 1. The number of nitrogens with zero attached hydrogens (tertiary/aromatic N) is 4. The minimum atomic E-state index is 0.196. The summed E-state index contributed by atoms with van der Waals surface area (Å²) in [5, 5.41) is 16.1. The first-order valence-corrected chi connectivity index (χ1v) is 8.20. The van der Waals surface area contributed by atoms with Crippen molar-refractivity contribution in [1.29, 1.82) is 0 Å². The van der Waals surface area contributed by atoms with Crippen LogP contribution in [0.3, 0.4) is 0 Å². The molecule has 4 aromatic rings. The molecular weight excluding hydrogens is 328 g/mol. The van der Waals surface area contributed by atoms with Gasteiger partial charge in [0.25, 0.3) is 0 Å². The molecule has 0 radical (unpaired) electrons. The Morgan fingerprint density at radius 2 is 1.81 bits per heavy atom. The summed E-state index contributed by atoms with van der Waals surface area (Å²) in [6.07, 6.45) is 1.71. The van der Waals surface area contributed by atoms with E-state index in [9.17, 15) is 5.11 Å². The first kappa shape index (κ1) is 15.9. The van der Waals surface area contributed by atoms with Crippen LogP contribution in [-0.2, 0) is 0 Å². The molecule has 0 aliphatic rings. The van der Waals surface area contributed by atoms with E-state index in [0.717, 1.165) is 22.3 Å². The molecule has 2 heterocycles. The van der Waals surface area contributed by atoms with Gasteiger partial charge in [-0.15, -0.1) is 0 Å². The third kappa shape index (κ3) is 2.90. The zero-order valence-electron chi connectivity index (χ0n) is 14.4. The lowest BCUT2D eigenvalue weighted by Crippen LogP contribution is -2.06. The van der Waals surface area contributed by atoms with Crippen molar-refractivity contribution in [1.82, 2.24) is 19.5 Å². The quantitative estimate of drug-likeness (QED) is 0.523. The normalized spacial score (nSPS) is 10.8. The maximum absolute atomic E-state index is 9.74. The molecule has 0 saturated carbocycles. The van der Waals surface area contributed by atoms with Gasteiger partial charge in [0.1, 0.15) is 23.7 Å². The highest BCUT2D eigenvalue weighted by Crippen LogP contribution is 2.26. The average Bonchev–Trinajstić information content (AvgIpc) is 3.08. The third-order valence-corrected chi connectivity index (χ3v) is 4.12. The number of anilines is 3. The van der Waals surface area contributed by atoms with Gasteiger partial charge in [-0.3, -0.25) is 4.57 Å². The number of imidazole rings is 1. The summed E-state index contributed by atoms with van der Waals surface area (Å²) < 4.78 is 1.84. The molecule has 130 valence electrons. The number of rotatable bonds is 4. The highest BCUT2D eigenvalue weighted by atomic mass is 16.3. The molecule has 7 nitrogen and oxygen atoms in total. The molecule has 0 unspecified atom stereocenters. The Hall–Kier alpha value is -3.61. The molecule has 0 bridgehead atoms. The summed E-state index contributed by atoms with van der Waals surface area (Å²) in [6.45, 7) is 1.96. The van der Waals surface area contributed by atoms with Crippen LogP contribution < -0.4 is 10.6 Å². The van der Waals surface area contributed by atoms with E-state index in [1.165, 1.54) is 0 Å². The molecule has 0 amide bonds. The molecule has 0 saturated heterocycles. The van der Waals surface area contributed by atoms with Crippen molar-refractivity contribution in [3.05, 3.63) is 60.4 Å². The molecule has 0 spiro atoms. The van der Waals surface area contributed by atoms with E-state index in [4.69, 9.17) is 0 Å². The zero-order valence-corrected chi connectivity index (χ0v) is 14.4. The van der Waals surface area contributed by atoms with E-state index < -0.39 is 0 Å². The molecule has 4 rings (SSSR count). The Kier molecular flexibility index (Phi) is 3.89. The zero-order chi connectivity index (χ0) is 18.1. The number of phenols is 1. The van der Waals surface area contributed by atoms with Crippen LogP contribution in [0.1, 0.15) is 5.56 Å². The molecule has 0 atom stereocenters. The molecular formula is C19H18N6O. The second-order valence-electron chi connectivity index (χ2n) is 5.92. The molecule has 7 heteroatoms. The predicted molar refractivity (Wildman–Crippen MR) is 102 cm³/mol. The fraction of sp³-hybridized carbons (Fsp3) is 0.105. The summed E-state index contributed by atoms with van der Waals surface area (Å²) in [4.78, 5) is 13.6. The van der Waals surface area contributed by atoms with Crippen LogP contribution in [-0.4, -0.2) is 31.7 Å². The largest absolute Gasteiger partial charge is 0.508 e. The van der Waals surface area contributed by atoms with Gasteiger partial charge in [-0.05, 0) is 30.7 Å². The number of aryl methyl sites for hydroxylation is 1. The fourth-order valence-electron chi connectivity index (χ4n) is 2.74. The first-order chi connectivity index (χ1) is 12.6. The number of aromatic nitrogens is 4. The minimum absolute atomic E-state index is 0.196. The monoisotopic (exact) mass is 346 g/mol. The SMILES string of the molecule is CNc1cc(Nc2cc(O)ccc2C)nc(-n2cnc3ccccc32)n1. The number of hydrogen-bond acceptors (Lipinski definition) is 6. The number of benzene rings is 2. The summed E-state index contributed by atoms with van der Waals surface area (Å²) in [5.41, 5.74) is 3.60. The highest BCUT2D eigenvalue weighted by molar-refractivity contribution is 5.76. The molecule has 26 heavy (non-hydrogen) atoms. The average molecular weight is 346 g/mol. The lowest BCUT2D eigenvalue weighted by atomic mass is 10.2. The van der Waals surface area contributed by atoms with Gasteiger partial charge in [0.05, 0.1) is 11.0 Å². The van der Waals surface area contributed by atoms with Crippen LogP contribution in [0.4, 0.5) is 17.3 Å². The minimum Gasteiger partial charge on any atom is -0.508 e. The van der Waals surface area contributed by atoms with Gasteiger partial charge in [0.2, 0.25) is 5.95 Å². The highest BCUT2D eigenvalue weighted by Gasteiger charge is 2.11. The second-order valence-corrected chi connectivity index (χ2v) is 5.92. The van der Waals surface area contributed by atoms with Gasteiger partial charge in [-0.1, -0.05) is 18.2 Å². The van der Waals surface area contributed by atoms with Gasteiger partial charge in [-0.2, -0.15) is 9.97 Å². The number of nitrogens with one attached hydrogen (secondary N) is 2. The van der Waals surface area contributed by atoms with E-state index in [1.54, 1.807) is 18.5 Å². The second kappa shape index (κ2) is 6.36. The lowest BCUT2D eigenvalue weighted by molar-refractivity contribution is 0.475. The number of fused-ring (bicyclic) bond motifs is 1. The Balaban J connectivity index is 1.80. The number of aromatic hydroxyl groups is 1. The third-order valence-electron chi connectivity index (χ3n) is 4.12. The van der Waals surface area contributed by atoms with Crippen LogP contribution in [0.5, 0.6) is 5.75 Å². The Morgan fingerprint density at radius 3 is 2.65 bits per heavy atom. The Labute approximate surface area is 150 Å². The van der Waals surface area contributed by atoms with Crippen LogP contribution in [0.2, 0.25) is 0 Å². The van der Waals surface area contributed by atoms with Gasteiger partial charge >= 0.3 is 0 Å². The van der Waals surface area contributed by atoms with Crippen LogP contribution in [0.15, 0.2) is 54.9 Å². The van der Waals surface area contributed by atoms with Crippen molar-refractivity contribution < 1.29 is 5.11 Å². The van der Waals surface area contributed by atoms with Crippen molar-refractivity contribution in [3.8, 4) is 11.7 Å². The van der Waals surface area contributed by atoms with E-state index in [0.29, 0.717) is 17.6 Å². The lowest BCUT2D eigenvalue weighted by Gasteiger charge is -2.12. The van der Waals surface area contributed by atoms with Crippen molar-refractivity contribution in [2.45, 2.75) is 6.92 Å². The predicted octanol–water partition coefficient (Wildman–Crippen LogP) is 3.61. The van der Waals surface area contributed by atoms with Crippen molar-refractivity contribution in [2.24, 2.45) is 0 Å². The van der Waals surface area contributed by atoms with E-state index in [-0.39, 0.29) is 5.75 Å². The number of hydrogen-bond donors (Lipinski definition) is 3. The standard InChI is InChI=1S/C19H18N6O/c1-12-7-8-13(26)9-15(12)22-18-10-17(20-2)23-19(24-18)25-11-21-14-5-3-4-6-16(14)25/h3-11,26H,1-2H3,(H2,20,22,23,24). The van der Waals surface area contributed by atoms with Gasteiger partial charge in [0, 0.05) is 24.9 Å². The van der Waals surface area contributed by atoms with Gasteiger partial charge in [0.15, 0.2) is 0 Å². The van der Waals surface area contributed by atoms with E-state index in [2.05, 4.69) is 25.6 Å². The van der Waals surface area contributed by atoms with Crippen molar-refractivity contribution in [2.75, 3.05) is 17.7 Å². The summed E-state index contributed by atoms with van der Waals surface area (Å²) in [6, 6.07) is 14.8. The topological polar surface area (TPSA) is 87.9 Å². The van der Waals surface area contributed by atoms with Gasteiger partial charge in [-0.25, -0.2) is 4.98 Å². The maximum Gasteiger partial charge on any atom is 0.239 e. The van der Waals surface area contributed by atoms with Crippen molar-refractivity contribution >= 4 is 28.4 Å². The molecule has 0 aliphatic carbocycles.